The Morgan fingerprint density at radius 1 is 1.00 bits per heavy atom. The molecule has 0 bridgehead atoms. The highest BCUT2D eigenvalue weighted by Gasteiger charge is 2.13. The Morgan fingerprint density at radius 3 is 2.44 bits per heavy atom. The third kappa shape index (κ3) is 4.92. The highest BCUT2D eigenvalue weighted by Crippen LogP contribution is 2.17. The Bertz CT molecular complexity index is 994. The van der Waals surface area contributed by atoms with Crippen LogP contribution < -0.4 is 10.7 Å². The van der Waals surface area contributed by atoms with Crippen molar-refractivity contribution in [1.29, 1.82) is 0 Å². The predicted molar refractivity (Wildman–Crippen MR) is 107 cm³/mol. The lowest BCUT2D eigenvalue weighted by molar-refractivity contribution is 0.0956. The molecule has 1 aromatic heterocycles. The van der Waals surface area contributed by atoms with Gasteiger partial charge >= 0.3 is 0 Å². The van der Waals surface area contributed by atoms with Crippen LogP contribution in [0, 0.1) is 6.92 Å². The fourth-order valence-electron chi connectivity index (χ4n) is 2.30. The third-order valence-corrected chi connectivity index (χ3v) is 4.11. The predicted octanol–water partition coefficient (Wildman–Crippen LogP) is 4.37. The fraction of sp³-hybridized carbons (Fsp3) is 0.0500. The summed E-state index contributed by atoms with van der Waals surface area (Å²) in [4.78, 5) is 24.8. The van der Waals surface area contributed by atoms with Gasteiger partial charge in [-0.2, -0.15) is 5.10 Å². The Kier molecular flexibility index (Phi) is 5.83. The zero-order valence-electron chi connectivity index (χ0n) is 14.4. The topological polar surface area (TPSA) is 83.7 Å². The molecular formula is C20H16BrN3O3. The van der Waals surface area contributed by atoms with E-state index >= 15 is 0 Å². The SMILES string of the molecule is Cc1ccc(C(=O)Nc2ccccc2C(=O)N/N=C\c2ccc(Br)o2)cc1. The van der Waals surface area contributed by atoms with Crippen molar-refractivity contribution in [3.63, 3.8) is 0 Å². The van der Waals surface area contributed by atoms with Crippen LogP contribution in [0.5, 0.6) is 0 Å². The minimum absolute atomic E-state index is 0.292. The zero-order chi connectivity index (χ0) is 19.2. The van der Waals surface area contributed by atoms with Gasteiger partial charge in [-0.15, -0.1) is 0 Å². The van der Waals surface area contributed by atoms with Gasteiger partial charge in [-0.25, -0.2) is 5.43 Å². The first kappa shape index (κ1) is 18.6. The lowest BCUT2D eigenvalue weighted by atomic mass is 10.1. The number of rotatable bonds is 5. The van der Waals surface area contributed by atoms with Crippen molar-refractivity contribution in [3.8, 4) is 0 Å². The molecule has 2 amide bonds. The molecule has 27 heavy (non-hydrogen) atoms. The summed E-state index contributed by atoms with van der Waals surface area (Å²) in [5.41, 5.74) is 4.70. The average Bonchev–Trinajstić information content (AvgIpc) is 3.07. The summed E-state index contributed by atoms with van der Waals surface area (Å²) in [5, 5.41) is 6.63. The molecule has 0 saturated heterocycles. The summed E-state index contributed by atoms with van der Waals surface area (Å²) < 4.78 is 5.83. The van der Waals surface area contributed by atoms with Gasteiger partial charge in [0.15, 0.2) is 4.67 Å². The second-order valence-corrected chi connectivity index (χ2v) is 6.49. The van der Waals surface area contributed by atoms with Crippen LogP contribution in [0.2, 0.25) is 0 Å². The summed E-state index contributed by atoms with van der Waals surface area (Å²) in [6.45, 7) is 1.95. The molecule has 0 unspecified atom stereocenters. The van der Waals surface area contributed by atoms with E-state index in [9.17, 15) is 9.59 Å². The van der Waals surface area contributed by atoms with Gasteiger partial charge in [-0.3, -0.25) is 9.59 Å². The first-order chi connectivity index (χ1) is 13.0. The molecule has 136 valence electrons. The molecule has 2 aromatic carbocycles. The Hall–Kier alpha value is -3.19. The molecule has 0 atom stereocenters. The summed E-state index contributed by atoms with van der Waals surface area (Å²) in [7, 11) is 0. The van der Waals surface area contributed by atoms with Crippen molar-refractivity contribution < 1.29 is 14.0 Å². The summed E-state index contributed by atoms with van der Waals surface area (Å²) in [6, 6.07) is 17.3. The molecule has 1 heterocycles. The van der Waals surface area contributed by atoms with Crippen LogP contribution in [0.25, 0.3) is 0 Å². The van der Waals surface area contributed by atoms with Crippen molar-refractivity contribution in [2.45, 2.75) is 6.92 Å². The second-order valence-electron chi connectivity index (χ2n) is 5.71. The standard InChI is InChI=1S/C20H16BrN3O3/c1-13-6-8-14(9-7-13)19(25)23-17-5-3-2-4-16(17)20(26)24-22-12-15-10-11-18(21)27-15/h2-12H,1H3,(H,23,25)(H,24,26)/b22-12-. The zero-order valence-corrected chi connectivity index (χ0v) is 16.0. The van der Waals surface area contributed by atoms with Crippen LogP contribution in [0.1, 0.15) is 32.0 Å². The Morgan fingerprint density at radius 2 is 1.74 bits per heavy atom. The lowest BCUT2D eigenvalue weighted by Gasteiger charge is -2.10. The number of hydrogen-bond donors (Lipinski definition) is 2. The smallest absolute Gasteiger partial charge is 0.273 e. The molecule has 0 aliphatic carbocycles. The van der Waals surface area contributed by atoms with Crippen LogP contribution >= 0.6 is 15.9 Å². The number of carbonyl (C=O) groups is 2. The largest absolute Gasteiger partial charge is 0.448 e. The second kappa shape index (κ2) is 8.46. The van der Waals surface area contributed by atoms with Crippen molar-refractivity contribution in [2.24, 2.45) is 5.10 Å². The molecule has 6 nitrogen and oxygen atoms in total. The molecule has 7 heteroatoms. The van der Waals surface area contributed by atoms with E-state index in [2.05, 4.69) is 31.8 Å². The number of para-hydroxylation sites is 1. The maximum atomic E-state index is 12.4. The molecule has 0 spiro atoms. The van der Waals surface area contributed by atoms with Gasteiger partial charge in [0.25, 0.3) is 11.8 Å². The van der Waals surface area contributed by atoms with E-state index < -0.39 is 5.91 Å². The van der Waals surface area contributed by atoms with E-state index in [0.717, 1.165) is 5.56 Å². The number of amides is 2. The van der Waals surface area contributed by atoms with Crippen LogP contribution in [0.15, 0.2) is 74.9 Å². The van der Waals surface area contributed by atoms with Gasteiger partial charge in [-0.05, 0) is 59.3 Å². The van der Waals surface area contributed by atoms with E-state index in [1.165, 1.54) is 6.21 Å². The minimum atomic E-state index is -0.448. The van der Waals surface area contributed by atoms with E-state index in [0.29, 0.717) is 27.2 Å². The van der Waals surface area contributed by atoms with Crippen LogP contribution in [-0.4, -0.2) is 18.0 Å². The van der Waals surface area contributed by atoms with Gasteiger partial charge in [0.2, 0.25) is 0 Å². The van der Waals surface area contributed by atoms with Crippen LogP contribution in [-0.2, 0) is 0 Å². The Labute approximate surface area is 164 Å². The van der Waals surface area contributed by atoms with Gasteiger partial charge in [0.05, 0.1) is 17.5 Å². The highest BCUT2D eigenvalue weighted by atomic mass is 79.9. The fourth-order valence-corrected chi connectivity index (χ4v) is 2.62. The molecule has 3 rings (SSSR count). The number of anilines is 1. The number of carbonyl (C=O) groups excluding carboxylic acids is 2. The molecule has 3 aromatic rings. The molecule has 2 N–H and O–H groups in total. The maximum absolute atomic E-state index is 12.4. The van der Waals surface area contributed by atoms with Crippen molar-refractivity contribution in [2.75, 3.05) is 5.32 Å². The van der Waals surface area contributed by atoms with Crippen LogP contribution in [0.4, 0.5) is 5.69 Å². The quantitative estimate of drug-likeness (QED) is 0.470. The number of furan rings is 1. The monoisotopic (exact) mass is 425 g/mol. The number of benzene rings is 2. The summed E-state index contributed by atoms with van der Waals surface area (Å²) in [5.74, 6) is -0.251. The number of hydrazone groups is 1. The first-order valence-electron chi connectivity index (χ1n) is 8.09. The molecule has 0 aliphatic rings. The average molecular weight is 426 g/mol. The summed E-state index contributed by atoms with van der Waals surface area (Å²) in [6.07, 6.45) is 1.39. The summed E-state index contributed by atoms with van der Waals surface area (Å²) >= 11 is 3.19. The van der Waals surface area contributed by atoms with Gasteiger partial charge < -0.3 is 9.73 Å². The van der Waals surface area contributed by atoms with Crippen LogP contribution in [0.3, 0.4) is 0 Å². The lowest BCUT2D eigenvalue weighted by Crippen LogP contribution is -2.21. The molecule has 0 radical (unpaired) electrons. The number of halogens is 1. The van der Waals surface area contributed by atoms with E-state index in [-0.39, 0.29) is 5.91 Å². The highest BCUT2D eigenvalue weighted by molar-refractivity contribution is 9.10. The minimum Gasteiger partial charge on any atom is -0.448 e. The molecule has 0 saturated carbocycles. The number of nitrogens with zero attached hydrogens (tertiary/aromatic N) is 1. The number of nitrogens with one attached hydrogen (secondary N) is 2. The third-order valence-electron chi connectivity index (χ3n) is 3.69. The van der Waals surface area contributed by atoms with E-state index in [1.807, 2.05) is 19.1 Å². The van der Waals surface area contributed by atoms with Crippen molar-refractivity contribution >= 4 is 39.6 Å². The molecule has 0 aliphatic heterocycles. The van der Waals surface area contributed by atoms with E-state index in [1.54, 1.807) is 48.5 Å². The maximum Gasteiger partial charge on any atom is 0.273 e. The van der Waals surface area contributed by atoms with Crippen molar-refractivity contribution in [3.05, 3.63) is 87.8 Å². The van der Waals surface area contributed by atoms with E-state index in [4.69, 9.17) is 4.42 Å². The molecular weight excluding hydrogens is 410 g/mol. The van der Waals surface area contributed by atoms with Gasteiger partial charge in [0, 0.05) is 5.56 Å². The molecule has 0 fully saturated rings. The van der Waals surface area contributed by atoms with Crippen molar-refractivity contribution in [1.82, 2.24) is 5.43 Å². The van der Waals surface area contributed by atoms with Gasteiger partial charge in [-0.1, -0.05) is 29.8 Å². The normalized spacial score (nSPS) is 10.7. The van der Waals surface area contributed by atoms with Gasteiger partial charge in [0.1, 0.15) is 5.76 Å². The number of aryl methyl sites for hydroxylation is 1. The first-order valence-corrected chi connectivity index (χ1v) is 8.88. The Balaban J connectivity index is 1.71. The number of hydrogen-bond acceptors (Lipinski definition) is 4.